The number of carbonyl (C=O) groups excluding carboxylic acids is 1. The molecule has 2 N–H and O–H groups in total. The third kappa shape index (κ3) is 6.45. The predicted octanol–water partition coefficient (Wildman–Crippen LogP) is 1.89. The number of halogens is 3. The summed E-state index contributed by atoms with van der Waals surface area (Å²) in [7, 11) is 3.94. The molecular weight excluding hydrogens is 361 g/mol. The van der Waals surface area contributed by atoms with Crippen LogP contribution in [-0.4, -0.2) is 57.2 Å². The van der Waals surface area contributed by atoms with Gasteiger partial charge >= 0.3 is 0 Å². The van der Waals surface area contributed by atoms with Gasteiger partial charge in [-0.3, -0.25) is 4.79 Å². The van der Waals surface area contributed by atoms with Crippen LogP contribution in [-0.2, 0) is 9.53 Å². The van der Waals surface area contributed by atoms with Crippen LogP contribution in [0.1, 0.15) is 11.6 Å². The molecule has 0 spiro atoms. The van der Waals surface area contributed by atoms with Gasteiger partial charge < -0.3 is 20.3 Å². The molecule has 0 radical (unpaired) electrons. The lowest BCUT2D eigenvalue weighted by Gasteiger charge is -2.28. The quantitative estimate of drug-likeness (QED) is 0.814. The van der Waals surface area contributed by atoms with Gasteiger partial charge in [0.2, 0.25) is 0 Å². The van der Waals surface area contributed by atoms with E-state index in [9.17, 15) is 4.79 Å². The molecule has 5 nitrogen and oxygen atoms in total. The number of rotatable bonds is 5. The summed E-state index contributed by atoms with van der Waals surface area (Å²) in [4.78, 5) is 14.2. The predicted molar refractivity (Wildman–Crippen MR) is 98.0 cm³/mol. The molecule has 1 fully saturated rings. The highest BCUT2D eigenvalue weighted by molar-refractivity contribution is 6.31. The van der Waals surface area contributed by atoms with Crippen LogP contribution in [0.15, 0.2) is 24.3 Å². The second-order valence-corrected chi connectivity index (χ2v) is 5.72. The Bertz CT molecular complexity index is 483. The van der Waals surface area contributed by atoms with Crippen molar-refractivity contribution in [2.24, 2.45) is 0 Å². The van der Waals surface area contributed by atoms with Crippen LogP contribution in [0.4, 0.5) is 0 Å². The Labute approximate surface area is 154 Å². The lowest BCUT2D eigenvalue weighted by Crippen LogP contribution is -2.49. The molecule has 1 aliphatic heterocycles. The number of benzene rings is 1. The summed E-state index contributed by atoms with van der Waals surface area (Å²) in [5.41, 5.74) is 1.01. The fourth-order valence-corrected chi connectivity index (χ4v) is 2.62. The van der Waals surface area contributed by atoms with Gasteiger partial charge in [-0.1, -0.05) is 29.8 Å². The molecule has 2 unspecified atom stereocenters. The Hall–Kier alpha value is -0.560. The Kier molecular flexibility index (Phi) is 10.8. The van der Waals surface area contributed by atoms with Crippen molar-refractivity contribution in [2.45, 2.75) is 12.1 Å². The van der Waals surface area contributed by atoms with Crippen LogP contribution in [0.3, 0.4) is 0 Å². The Morgan fingerprint density at radius 1 is 1.43 bits per heavy atom. The van der Waals surface area contributed by atoms with Crippen LogP contribution >= 0.6 is 36.4 Å². The molecule has 1 saturated heterocycles. The topological polar surface area (TPSA) is 53.6 Å². The van der Waals surface area contributed by atoms with Crippen molar-refractivity contribution < 1.29 is 9.53 Å². The zero-order valence-electron chi connectivity index (χ0n) is 13.3. The average molecular weight is 385 g/mol. The van der Waals surface area contributed by atoms with E-state index in [4.69, 9.17) is 16.3 Å². The first kappa shape index (κ1) is 22.4. The molecule has 0 aliphatic carbocycles. The first-order valence-corrected chi connectivity index (χ1v) is 7.48. The first-order valence-electron chi connectivity index (χ1n) is 7.10. The van der Waals surface area contributed by atoms with Crippen molar-refractivity contribution >= 4 is 42.3 Å². The van der Waals surface area contributed by atoms with E-state index in [1.165, 1.54) is 0 Å². The third-order valence-electron chi connectivity index (χ3n) is 3.58. The van der Waals surface area contributed by atoms with Crippen molar-refractivity contribution in [3.8, 4) is 0 Å². The van der Waals surface area contributed by atoms with Crippen molar-refractivity contribution in [1.82, 2.24) is 15.5 Å². The van der Waals surface area contributed by atoms with Gasteiger partial charge in [-0.2, -0.15) is 0 Å². The lowest BCUT2D eigenvalue weighted by atomic mass is 10.1. The minimum absolute atomic E-state index is 0. The molecule has 2 rings (SSSR count). The number of nitrogens with one attached hydrogen (secondary N) is 2. The van der Waals surface area contributed by atoms with E-state index in [0.717, 1.165) is 12.1 Å². The van der Waals surface area contributed by atoms with E-state index >= 15 is 0 Å². The molecule has 1 heterocycles. The minimum atomic E-state index is -0.409. The molecule has 1 aromatic carbocycles. The van der Waals surface area contributed by atoms with Crippen molar-refractivity contribution in [1.29, 1.82) is 0 Å². The number of carbonyl (C=O) groups is 1. The molecule has 23 heavy (non-hydrogen) atoms. The highest BCUT2D eigenvalue weighted by Gasteiger charge is 2.24. The van der Waals surface area contributed by atoms with Crippen LogP contribution in [0.2, 0.25) is 5.02 Å². The highest BCUT2D eigenvalue weighted by atomic mass is 35.5. The van der Waals surface area contributed by atoms with Crippen LogP contribution < -0.4 is 10.6 Å². The average Bonchev–Trinajstić information content (AvgIpc) is 2.49. The van der Waals surface area contributed by atoms with Crippen molar-refractivity contribution in [3.05, 3.63) is 34.9 Å². The summed E-state index contributed by atoms with van der Waals surface area (Å²) < 4.78 is 5.45. The van der Waals surface area contributed by atoms with Gasteiger partial charge in [0.15, 0.2) is 0 Å². The van der Waals surface area contributed by atoms with E-state index in [1.807, 2.05) is 43.3 Å². The fraction of sp³-hybridized carbons (Fsp3) is 0.533. The normalized spacial score (nSPS) is 18.5. The SMILES string of the molecule is CN(C)C(CNC(=O)C1CNCCO1)c1ccccc1Cl.Cl.Cl. The summed E-state index contributed by atoms with van der Waals surface area (Å²) in [6.07, 6.45) is -0.409. The second kappa shape index (κ2) is 11.1. The van der Waals surface area contributed by atoms with E-state index in [-0.39, 0.29) is 36.8 Å². The third-order valence-corrected chi connectivity index (χ3v) is 3.92. The zero-order valence-corrected chi connectivity index (χ0v) is 15.6. The summed E-state index contributed by atoms with van der Waals surface area (Å²) in [6.45, 7) is 2.42. The van der Waals surface area contributed by atoms with Gasteiger partial charge in [0.25, 0.3) is 5.91 Å². The Morgan fingerprint density at radius 2 is 2.13 bits per heavy atom. The number of hydrogen-bond donors (Lipinski definition) is 2. The van der Waals surface area contributed by atoms with Gasteiger partial charge in [-0.25, -0.2) is 0 Å². The van der Waals surface area contributed by atoms with Gasteiger partial charge in [0.05, 0.1) is 12.6 Å². The standard InChI is InChI=1S/C15H22ClN3O2.2ClH/c1-19(2)13(11-5-3-4-6-12(11)16)9-18-15(20)14-10-17-7-8-21-14;;/h3-6,13-14,17H,7-10H2,1-2H3,(H,18,20);2*1H. The maximum atomic E-state index is 12.1. The minimum Gasteiger partial charge on any atom is -0.366 e. The molecule has 1 amide bonds. The number of ether oxygens (including phenoxy) is 1. The smallest absolute Gasteiger partial charge is 0.250 e. The second-order valence-electron chi connectivity index (χ2n) is 5.31. The maximum absolute atomic E-state index is 12.1. The number of hydrogen-bond acceptors (Lipinski definition) is 4. The van der Waals surface area contributed by atoms with Gasteiger partial charge in [-0.15, -0.1) is 24.8 Å². The Morgan fingerprint density at radius 3 is 2.70 bits per heavy atom. The largest absolute Gasteiger partial charge is 0.366 e. The van der Waals surface area contributed by atoms with E-state index in [1.54, 1.807) is 0 Å². The van der Waals surface area contributed by atoms with Gasteiger partial charge in [-0.05, 0) is 25.7 Å². The molecular formula is C15H24Cl3N3O2. The zero-order chi connectivity index (χ0) is 15.2. The molecule has 2 atom stereocenters. The molecule has 132 valence electrons. The van der Waals surface area contributed by atoms with Crippen molar-refractivity contribution in [3.63, 3.8) is 0 Å². The molecule has 8 heteroatoms. The summed E-state index contributed by atoms with van der Waals surface area (Å²) >= 11 is 6.25. The van der Waals surface area contributed by atoms with Crippen molar-refractivity contribution in [2.75, 3.05) is 40.3 Å². The van der Waals surface area contributed by atoms with E-state index < -0.39 is 6.10 Å². The summed E-state index contributed by atoms with van der Waals surface area (Å²) in [5, 5.41) is 6.81. The molecule has 0 saturated carbocycles. The molecule has 0 bridgehead atoms. The number of amides is 1. The van der Waals surface area contributed by atoms with Crippen LogP contribution in [0.25, 0.3) is 0 Å². The lowest BCUT2D eigenvalue weighted by molar-refractivity contribution is -0.134. The van der Waals surface area contributed by atoms with Crippen LogP contribution in [0, 0.1) is 0 Å². The highest BCUT2D eigenvalue weighted by Crippen LogP contribution is 2.25. The molecule has 1 aliphatic rings. The maximum Gasteiger partial charge on any atom is 0.250 e. The number of morpholine rings is 1. The van der Waals surface area contributed by atoms with E-state index in [0.29, 0.717) is 24.7 Å². The van der Waals surface area contributed by atoms with Crippen LogP contribution in [0.5, 0.6) is 0 Å². The van der Waals surface area contributed by atoms with Gasteiger partial charge in [0, 0.05) is 24.7 Å². The summed E-state index contributed by atoms with van der Waals surface area (Å²) in [6, 6.07) is 7.73. The fourth-order valence-electron chi connectivity index (χ4n) is 2.36. The molecule has 0 aromatic heterocycles. The Balaban J connectivity index is 0.00000242. The molecule has 1 aromatic rings. The van der Waals surface area contributed by atoms with E-state index in [2.05, 4.69) is 10.6 Å². The van der Waals surface area contributed by atoms with Gasteiger partial charge in [0.1, 0.15) is 6.10 Å². The number of nitrogens with zero attached hydrogens (tertiary/aromatic N) is 1. The summed E-state index contributed by atoms with van der Waals surface area (Å²) in [5.74, 6) is -0.0823. The number of likely N-dealkylation sites (N-methyl/N-ethyl adjacent to an activating group) is 1. The monoisotopic (exact) mass is 383 g/mol. The first-order chi connectivity index (χ1) is 10.1.